The minimum absolute atomic E-state index is 0.530. The topological polar surface area (TPSA) is 48.2 Å². The van der Waals surface area contributed by atoms with Crippen molar-refractivity contribution in [1.29, 1.82) is 0 Å². The van der Waals surface area contributed by atoms with Crippen LogP contribution in [-0.4, -0.2) is 17.3 Å². The van der Waals surface area contributed by atoms with Crippen LogP contribution in [0, 0.1) is 6.92 Å². The standard InChI is InChI=1S/C11H11BrN2O2/c1-7-13-14-11(16-7)8-3-4-10(12)9(5-8)6-15-2/h3-5H,6H2,1-2H3. The van der Waals surface area contributed by atoms with Gasteiger partial charge in [-0.25, -0.2) is 0 Å². The molecule has 5 heteroatoms. The van der Waals surface area contributed by atoms with Crippen LogP contribution in [0.5, 0.6) is 0 Å². The van der Waals surface area contributed by atoms with E-state index in [2.05, 4.69) is 26.1 Å². The van der Waals surface area contributed by atoms with Gasteiger partial charge in [0.25, 0.3) is 0 Å². The maximum absolute atomic E-state index is 5.36. The van der Waals surface area contributed by atoms with E-state index in [-0.39, 0.29) is 0 Å². The number of hydrogen-bond acceptors (Lipinski definition) is 4. The Morgan fingerprint density at radius 2 is 2.19 bits per heavy atom. The summed E-state index contributed by atoms with van der Waals surface area (Å²) < 4.78 is 11.5. The summed E-state index contributed by atoms with van der Waals surface area (Å²) in [5.74, 6) is 1.09. The van der Waals surface area contributed by atoms with Gasteiger partial charge >= 0.3 is 0 Å². The quantitative estimate of drug-likeness (QED) is 0.869. The predicted molar refractivity (Wildman–Crippen MR) is 62.9 cm³/mol. The van der Waals surface area contributed by atoms with Gasteiger partial charge in [0.1, 0.15) is 0 Å². The Kier molecular flexibility index (Phi) is 3.36. The Hall–Kier alpha value is -1.20. The zero-order valence-electron chi connectivity index (χ0n) is 9.03. The van der Waals surface area contributed by atoms with Crippen molar-refractivity contribution in [3.8, 4) is 11.5 Å². The van der Waals surface area contributed by atoms with Gasteiger partial charge in [0.2, 0.25) is 11.8 Å². The van der Waals surface area contributed by atoms with Crippen molar-refractivity contribution in [3.63, 3.8) is 0 Å². The lowest BCUT2D eigenvalue weighted by molar-refractivity contribution is 0.184. The molecule has 0 aliphatic heterocycles. The zero-order valence-corrected chi connectivity index (χ0v) is 10.6. The maximum Gasteiger partial charge on any atom is 0.247 e. The van der Waals surface area contributed by atoms with Crippen LogP contribution in [0.15, 0.2) is 27.1 Å². The van der Waals surface area contributed by atoms with Crippen LogP contribution in [0.4, 0.5) is 0 Å². The van der Waals surface area contributed by atoms with Gasteiger partial charge < -0.3 is 9.15 Å². The summed E-state index contributed by atoms with van der Waals surface area (Å²) >= 11 is 3.46. The van der Waals surface area contributed by atoms with Crippen molar-refractivity contribution in [2.24, 2.45) is 0 Å². The Balaban J connectivity index is 2.39. The molecule has 2 aromatic rings. The van der Waals surface area contributed by atoms with Gasteiger partial charge in [-0.15, -0.1) is 10.2 Å². The van der Waals surface area contributed by atoms with E-state index in [1.54, 1.807) is 14.0 Å². The molecule has 0 aliphatic carbocycles. The summed E-state index contributed by atoms with van der Waals surface area (Å²) in [6.07, 6.45) is 0. The van der Waals surface area contributed by atoms with E-state index in [1.165, 1.54) is 0 Å². The van der Waals surface area contributed by atoms with E-state index in [4.69, 9.17) is 9.15 Å². The van der Waals surface area contributed by atoms with Crippen LogP contribution in [0.3, 0.4) is 0 Å². The van der Waals surface area contributed by atoms with Crippen molar-refractivity contribution in [1.82, 2.24) is 10.2 Å². The van der Waals surface area contributed by atoms with Gasteiger partial charge in [-0.05, 0) is 23.8 Å². The van der Waals surface area contributed by atoms with E-state index in [9.17, 15) is 0 Å². The van der Waals surface area contributed by atoms with Gasteiger partial charge in [0.15, 0.2) is 0 Å². The molecule has 1 aromatic carbocycles. The van der Waals surface area contributed by atoms with Crippen LogP contribution in [0.1, 0.15) is 11.5 Å². The second kappa shape index (κ2) is 4.76. The van der Waals surface area contributed by atoms with E-state index < -0.39 is 0 Å². The molecular formula is C11H11BrN2O2. The minimum Gasteiger partial charge on any atom is -0.421 e. The molecule has 84 valence electrons. The molecule has 2 rings (SSSR count). The first-order chi connectivity index (χ1) is 7.70. The number of ether oxygens (including phenoxy) is 1. The fourth-order valence-corrected chi connectivity index (χ4v) is 1.75. The number of aryl methyl sites for hydroxylation is 1. The largest absolute Gasteiger partial charge is 0.421 e. The van der Waals surface area contributed by atoms with Gasteiger partial charge in [-0.3, -0.25) is 0 Å². The van der Waals surface area contributed by atoms with Crippen LogP contribution >= 0.6 is 15.9 Å². The Morgan fingerprint density at radius 3 is 2.81 bits per heavy atom. The highest BCUT2D eigenvalue weighted by Crippen LogP contribution is 2.25. The summed E-state index contributed by atoms with van der Waals surface area (Å²) in [5, 5.41) is 7.78. The average Bonchev–Trinajstić information content (AvgIpc) is 2.69. The van der Waals surface area contributed by atoms with E-state index in [1.807, 2.05) is 18.2 Å². The Morgan fingerprint density at radius 1 is 1.38 bits per heavy atom. The highest BCUT2D eigenvalue weighted by molar-refractivity contribution is 9.10. The third-order valence-corrected chi connectivity index (χ3v) is 2.89. The van der Waals surface area contributed by atoms with Gasteiger partial charge in [-0.2, -0.15) is 0 Å². The molecule has 0 fully saturated rings. The molecule has 1 heterocycles. The molecule has 0 saturated carbocycles. The van der Waals surface area contributed by atoms with Gasteiger partial charge in [-0.1, -0.05) is 15.9 Å². The molecule has 1 aromatic heterocycles. The SMILES string of the molecule is COCc1cc(-c2nnc(C)o2)ccc1Br. The van der Waals surface area contributed by atoms with E-state index in [0.717, 1.165) is 15.6 Å². The smallest absolute Gasteiger partial charge is 0.247 e. The number of nitrogens with zero attached hydrogens (tertiary/aromatic N) is 2. The van der Waals surface area contributed by atoms with Gasteiger partial charge in [0, 0.05) is 24.1 Å². The summed E-state index contributed by atoms with van der Waals surface area (Å²) in [6, 6.07) is 5.85. The number of benzene rings is 1. The number of rotatable bonds is 3. The molecule has 4 nitrogen and oxygen atoms in total. The third-order valence-electron chi connectivity index (χ3n) is 2.12. The van der Waals surface area contributed by atoms with E-state index >= 15 is 0 Å². The predicted octanol–water partition coefficient (Wildman–Crippen LogP) is 2.95. The molecule has 0 amide bonds. The highest BCUT2D eigenvalue weighted by atomic mass is 79.9. The molecule has 0 unspecified atom stereocenters. The van der Waals surface area contributed by atoms with Crippen LogP contribution < -0.4 is 0 Å². The van der Waals surface area contributed by atoms with Crippen molar-refractivity contribution >= 4 is 15.9 Å². The fraction of sp³-hybridized carbons (Fsp3) is 0.273. The number of hydrogen-bond donors (Lipinski definition) is 0. The Bertz CT molecular complexity index is 496. The highest BCUT2D eigenvalue weighted by Gasteiger charge is 2.08. The summed E-state index contributed by atoms with van der Waals surface area (Å²) in [7, 11) is 1.66. The van der Waals surface area contributed by atoms with Crippen molar-refractivity contribution < 1.29 is 9.15 Å². The average molecular weight is 283 g/mol. The van der Waals surface area contributed by atoms with Crippen molar-refractivity contribution in [2.45, 2.75) is 13.5 Å². The van der Waals surface area contributed by atoms with E-state index in [0.29, 0.717) is 18.4 Å². The molecule has 0 atom stereocenters. The minimum atomic E-state index is 0.530. The number of methoxy groups -OCH3 is 1. The van der Waals surface area contributed by atoms with Crippen molar-refractivity contribution in [3.05, 3.63) is 34.1 Å². The lowest BCUT2D eigenvalue weighted by Gasteiger charge is -2.04. The zero-order chi connectivity index (χ0) is 11.5. The molecular weight excluding hydrogens is 272 g/mol. The normalized spacial score (nSPS) is 10.7. The molecule has 0 spiro atoms. The molecule has 0 aliphatic rings. The second-order valence-corrected chi connectivity index (χ2v) is 4.22. The van der Waals surface area contributed by atoms with Crippen LogP contribution in [0.25, 0.3) is 11.5 Å². The molecule has 16 heavy (non-hydrogen) atoms. The molecule has 0 saturated heterocycles. The summed E-state index contributed by atoms with van der Waals surface area (Å²) in [4.78, 5) is 0. The number of halogens is 1. The second-order valence-electron chi connectivity index (χ2n) is 3.37. The van der Waals surface area contributed by atoms with Crippen LogP contribution in [0.2, 0.25) is 0 Å². The Labute approximate surface area is 102 Å². The third kappa shape index (κ3) is 2.31. The molecule has 0 radical (unpaired) electrons. The first kappa shape index (κ1) is 11.3. The number of aromatic nitrogens is 2. The first-order valence-corrected chi connectivity index (χ1v) is 5.58. The lowest BCUT2D eigenvalue weighted by atomic mass is 10.1. The molecule has 0 N–H and O–H groups in total. The lowest BCUT2D eigenvalue weighted by Crippen LogP contribution is -1.90. The summed E-state index contributed by atoms with van der Waals surface area (Å²) in [6.45, 7) is 2.31. The fourth-order valence-electron chi connectivity index (χ4n) is 1.39. The summed E-state index contributed by atoms with van der Waals surface area (Å²) in [5.41, 5.74) is 1.95. The van der Waals surface area contributed by atoms with Crippen molar-refractivity contribution in [2.75, 3.05) is 7.11 Å². The van der Waals surface area contributed by atoms with Crippen LogP contribution in [-0.2, 0) is 11.3 Å². The maximum atomic E-state index is 5.36. The first-order valence-electron chi connectivity index (χ1n) is 4.78. The van der Waals surface area contributed by atoms with Gasteiger partial charge in [0.05, 0.1) is 6.61 Å². The monoisotopic (exact) mass is 282 g/mol. The molecule has 0 bridgehead atoms.